The van der Waals surface area contributed by atoms with Gasteiger partial charge in [-0.2, -0.15) is 0 Å². The molecule has 4 heteroatoms. The van der Waals surface area contributed by atoms with Crippen molar-refractivity contribution in [3.8, 4) is 0 Å². The lowest BCUT2D eigenvalue weighted by Crippen LogP contribution is -2.10. The van der Waals surface area contributed by atoms with Gasteiger partial charge in [0.25, 0.3) is 0 Å². The fourth-order valence-corrected chi connectivity index (χ4v) is 5.21. The predicted octanol–water partition coefficient (Wildman–Crippen LogP) is 10.7. The molecule has 0 spiro atoms. The maximum atomic E-state index is 11.9. The molecular weight excluding hydrogens is 472 g/mol. The highest BCUT2D eigenvalue weighted by Crippen LogP contribution is 2.23. The van der Waals surface area contributed by atoms with Crippen molar-refractivity contribution in [1.82, 2.24) is 0 Å². The van der Waals surface area contributed by atoms with E-state index in [-0.39, 0.29) is 11.9 Å². The second kappa shape index (κ2) is 30.2. The first-order valence-corrected chi connectivity index (χ1v) is 16.4. The van der Waals surface area contributed by atoms with E-state index in [1.165, 1.54) is 155 Å². The second-order valence-corrected chi connectivity index (χ2v) is 11.3. The lowest BCUT2D eigenvalue weighted by atomic mass is 9.91. The third kappa shape index (κ3) is 27.7. The molecule has 0 saturated heterocycles. The molecule has 0 amide bonds. The number of esters is 2. The van der Waals surface area contributed by atoms with Crippen LogP contribution in [0, 0.1) is 5.92 Å². The number of hydrogen-bond donors (Lipinski definition) is 0. The number of unbranched alkanes of at least 4 members (excludes halogenated alkanes) is 19. The lowest BCUT2D eigenvalue weighted by Gasteiger charge is -2.15. The summed E-state index contributed by atoms with van der Waals surface area (Å²) in [6.07, 6.45) is 36.5. The van der Waals surface area contributed by atoms with Gasteiger partial charge in [0.05, 0.1) is 14.2 Å². The van der Waals surface area contributed by atoms with Gasteiger partial charge in [0.2, 0.25) is 0 Å². The Hall–Kier alpha value is -1.32. The SMILES string of the molecule is CCCCCCCCCCCCCC(CCCCCCC=CCCCCCCCC(=O)OC)CC(=O)OC. The normalized spacial score (nSPS) is 12.2. The van der Waals surface area contributed by atoms with Crippen LogP contribution in [-0.4, -0.2) is 26.2 Å². The van der Waals surface area contributed by atoms with Crippen molar-refractivity contribution in [3.05, 3.63) is 12.2 Å². The molecule has 0 aromatic carbocycles. The smallest absolute Gasteiger partial charge is 0.305 e. The van der Waals surface area contributed by atoms with E-state index >= 15 is 0 Å². The molecule has 1 atom stereocenters. The van der Waals surface area contributed by atoms with E-state index in [0.717, 1.165) is 12.8 Å². The number of methoxy groups -OCH3 is 2. The second-order valence-electron chi connectivity index (χ2n) is 11.3. The standard InChI is InChI=1S/C34H64O4/c1-4-5-6-7-8-9-13-16-19-22-25-28-32(31-34(36)38-3)29-26-23-20-17-14-11-10-12-15-18-21-24-27-30-33(35)37-2/h10-11,32H,4-9,12-31H2,1-3H3. The predicted molar refractivity (Wildman–Crippen MR) is 162 cm³/mol. The van der Waals surface area contributed by atoms with E-state index in [2.05, 4.69) is 23.8 Å². The highest BCUT2D eigenvalue weighted by molar-refractivity contribution is 5.69. The highest BCUT2D eigenvalue weighted by Gasteiger charge is 2.14. The molecule has 0 aromatic heterocycles. The van der Waals surface area contributed by atoms with Gasteiger partial charge in [-0.1, -0.05) is 128 Å². The van der Waals surface area contributed by atoms with Gasteiger partial charge in [0.1, 0.15) is 0 Å². The van der Waals surface area contributed by atoms with Crippen molar-refractivity contribution >= 4 is 11.9 Å². The van der Waals surface area contributed by atoms with Crippen molar-refractivity contribution < 1.29 is 19.1 Å². The van der Waals surface area contributed by atoms with E-state index in [9.17, 15) is 9.59 Å². The summed E-state index contributed by atoms with van der Waals surface area (Å²) in [6, 6.07) is 0. The average Bonchev–Trinajstić information content (AvgIpc) is 2.93. The number of rotatable bonds is 29. The minimum atomic E-state index is -0.0893. The molecule has 4 nitrogen and oxygen atoms in total. The number of carbonyl (C=O) groups excluding carboxylic acids is 2. The van der Waals surface area contributed by atoms with E-state index in [1.54, 1.807) is 0 Å². The molecule has 0 aliphatic rings. The minimum Gasteiger partial charge on any atom is -0.469 e. The monoisotopic (exact) mass is 536 g/mol. The average molecular weight is 537 g/mol. The molecule has 1 unspecified atom stereocenters. The molecule has 0 aliphatic carbocycles. The maximum absolute atomic E-state index is 11.9. The minimum absolute atomic E-state index is 0.0376. The Labute approximate surface area is 237 Å². The first-order valence-electron chi connectivity index (χ1n) is 16.4. The Balaban J connectivity index is 3.67. The summed E-state index contributed by atoms with van der Waals surface area (Å²) >= 11 is 0. The first-order chi connectivity index (χ1) is 18.6. The number of carbonyl (C=O) groups is 2. The maximum Gasteiger partial charge on any atom is 0.305 e. The van der Waals surface area contributed by atoms with Gasteiger partial charge >= 0.3 is 11.9 Å². The lowest BCUT2D eigenvalue weighted by molar-refractivity contribution is -0.142. The Morgan fingerprint density at radius 1 is 0.526 bits per heavy atom. The van der Waals surface area contributed by atoms with Crippen molar-refractivity contribution in [1.29, 1.82) is 0 Å². The summed E-state index contributed by atoms with van der Waals surface area (Å²) in [4.78, 5) is 22.9. The highest BCUT2D eigenvalue weighted by atomic mass is 16.5. The fraction of sp³-hybridized carbons (Fsp3) is 0.882. The van der Waals surface area contributed by atoms with Gasteiger partial charge in [-0.05, 0) is 50.9 Å². The van der Waals surface area contributed by atoms with Crippen LogP contribution < -0.4 is 0 Å². The summed E-state index contributed by atoms with van der Waals surface area (Å²) in [7, 11) is 2.97. The molecule has 0 aromatic rings. The molecule has 0 radical (unpaired) electrons. The molecular formula is C34H64O4. The Morgan fingerprint density at radius 2 is 0.921 bits per heavy atom. The molecule has 0 bridgehead atoms. The Kier molecular flexibility index (Phi) is 29.2. The zero-order valence-corrected chi connectivity index (χ0v) is 25.7. The zero-order chi connectivity index (χ0) is 27.9. The van der Waals surface area contributed by atoms with Crippen LogP contribution in [0.15, 0.2) is 12.2 Å². The van der Waals surface area contributed by atoms with E-state index in [0.29, 0.717) is 18.8 Å². The molecule has 0 heterocycles. The third-order valence-electron chi connectivity index (χ3n) is 7.78. The largest absolute Gasteiger partial charge is 0.469 e. The quantitative estimate of drug-likeness (QED) is 0.0542. The Bertz CT molecular complexity index is 543. The van der Waals surface area contributed by atoms with Gasteiger partial charge in [0.15, 0.2) is 0 Å². The zero-order valence-electron chi connectivity index (χ0n) is 25.7. The van der Waals surface area contributed by atoms with Gasteiger partial charge in [0, 0.05) is 12.8 Å². The molecule has 224 valence electrons. The molecule has 0 aliphatic heterocycles. The summed E-state index contributed by atoms with van der Waals surface area (Å²) in [5.74, 6) is 0.374. The molecule has 0 fully saturated rings. The van der Waals surface area contributed by atoms with E-state index in [4.69, 9.17) is 4.74 Å². The first kappa shape index (κ1) is 36.7. The Morgan fingerprint density at radius 3 is 1.37 bits per heavy atom. The van der Waals surface area contributed by atoms with Crippen LogP contribution in [0.1, 0.15) is 174 Å². The van der Waals surface area contributed by atoms with Gasteiger partial charge in [-0.15, -0.1) is 0 Å². The third-order valence-corrected chi connectivity index (χ3v) is 7.78. The summed E-state index contributed by atoms with van der Waals surface area (Å²) < 4.78 is 9.63. The van der Waals surface area contributed by atoms with Gasteiger partial charge in [-0.3, -0.25) is 9.59 Å². The van der Waals surface area contributed by atoms with Crippen LogP contribution in [0.25, 0.3) is 0 Å². The molecule has 0 rings (SSSR count). The van der Waals surface area contributed by atoms with Crippen LogP contribution in [0.4, 0.5) is 0 Å². The fourth-order valence-electron chi connectivity index (χ4n) is 5.21. The van der Waals surface area contributed by atoms with Crippen molar-refractivity contribution in [3.63, 3.8) is 0 Å². The molecule has 0 saturated carbocycles. The molecule has 38 heavy (non-hydrogen) atoms. The van der Waals surface area contributed by atoms with Crippen LogP contribution in [0.2, 0.25) is 0 Å². The van der Waals surface area contributed by atoms with Crippen molar-refractivity contribution in [2.24, 2.45) is 5.92 Å². The van der Waals surface area contributed by atoms with Crippen LogP contribution >= 0.6 is 0 Å². The number of ether oxygens (including phenoxy) is 2. The van der Waals surface area contributed by atoms with Gasteiger partial charge in [-0.25, -0.2) is 0 Å². The van der Waals surface area contributed by atoms with E-state index in [1.807, 2.05) is 0 Å². The van der Waals surface area contributed by atoms with E-state index < -0.39 is 0 Å². The summed E-state index contributed by atoms with van der Waals surface area (Å²) in [6.45, 7) is 2.28. The van der Waals surface area contributed by atoms with Crippen molar-refractivity contribution in [2.45, 2.75) is 174 Å². The van der Waals surface area contributed by atoms with Crippen LogP contribution in [0.5, 0.6) is 0 Å². The summed E-state index contributed by atoms with van der Waals surface area (Å²) in [5.41, 5.74) is 0. The topological polar surface area (TPSA) is 52.6 Å². The van der Waals surface area contributed by atoms with Crippen LogP contribution in [0.3, 0.4) is 0 Å². The van der Waals surface area contributed by atoms with Crippen LogP contribution in [-0.2, 0) is 19.1 Å². The van der Waals surface area contributed by atoms with Gasteiger partial charge < -0.3 is 9.47 Å². The van der Waals surface area contributed by atoms with Crippen molar-refractivity contribution in [2.75, 3.05) is 14.2 Å². The summed E-state index contributed by atoms with van der Waals surface area (Å²) in [5, 5.41) is 0. The molecule has 0 N–H and O–H groups in total. The number of allylic oxidation sites excluding steroid dienone is 2. The number of hydrogen-bond acceptors (Lipinski definition) is 4.